The second kappa shape index (κ2) is 7.27. The van der Waals surface area contributed by atoms with E-state index in [4.69, 9.17) is 4.74 Å². The van der Waals surface area contributed by atoms with Crippen LogP contribution < -0.4 is 9.46 Å². The summed E-state index contributed by atoms with van der Waals surface area (Å²) in [6.07, 6.45) is 1.56. The number of nitrogens with one attached hydrogen (secondary N) is 1. The standard InChI is InChI=1S/C16H27NO3S/c1-6-7-10-21(18,19)17-12-13-8-9-15(20-5)14(11-13)16(2,3)4/h8-9,11,17H,6-7,10,12H2,1-5H3. The monoisotopic (exact) mass is 313 g/mol. The molecular weight excluding hydrogens is 286 g/mol. The van der Waals surface area contributed by atoms with Gasteiger partial charge in [-0.1, -0.05) is 46.2 Å². The van der Waals surface area contributed by atoms with Crippen molar-refractivity contribution in [3.05, 3.63) is 29.3 Å². The summed E-state index contributed by atoms with van der Waals surface area (Å²) in [7, 11) is -1.54. The SMILES string of the molecule is CCCCS(=O)(=O)NCc1ccc(OC)c(C(C)(C)C)c1. The van der Waals surface area contributed by atoms with Gasteiger partial charge in [-0.2, -0.15) is 0 Å². The summed E-state index contributed by atoms with van der Waals surface area (Å²) in [4.78, 5) is 0. The van der Waals surface area contributed by atoms with Crippen LogP contribution in [-0.2, 0) is 22.0 Å². The van der Waals surface area contributed by atoms with E-state index in [2.05, 4.69) is 25.5 Å². The zero-order valence-corrected chi connectivity index (χ0v) is 14.5. The molecule has 1 aromatic rings. The normalized spacial score (nSPS) is 12.4. The van der Waals surface area contributed by atoms with E-state index in [1.54, 1.807) is 7.11 Å². The largest absolute Gasteiger partial charge is 0.496 e. The van der Waals surface area contributed by atoms with Gasteiger partial charge >= 0.3 is 0 Å². The molecule has 0 aliphatic heterocycles. The first-order valence-electron chi connectivity index (χ1n) is 7.34. The second-order valence-electron chi connectivity index (χ2n) is 6.28. The molecule has 0 spiro atoms. The maximum atomic E-state index is 11.8. The molecule has 1 rings (SSSR count). The molecular formula is C16H27NO3S. The third-order valence-corrected chi connectivity index (χ3v) is 4.75. The Bertz CT molecular complexity index is 559. The van der Waals surface area contributed by atoms with E-state index in [1.165, 1.54) is 0 Å². The van der Waals surface area contributed by atoms with Crippen molar-refractivity contribution in [1.82, 2.24) is 4.72 Å². The molecule has 0 heterocycles. The van der Waals surface area contributed by atoms with E-state index in [1.807, 2.05) is 25.1 Å². The molecule has 0 saturated heterocycles. The molecule has 5 heteroatoms. The molecule has 0 radical (unpaired) electrons. The third-order valence-electron chi connectivity index (χ3n) is 3.33. The molecule has 0 aromatic heterocycles. The third kappa shape index (κ3) is 5.67. The first-order valence-corrected chi connectivity index (χ1v) is 8.99. The van der Waals surface area contributed by atoms with Crippen molar-refractivity contribution in [3.8, 4) is 5.75 Å². The predicted octanol–water partition coefficient (Wildman–Crippen LogP) is 3.21. The van der Waals surface area contributed by atoms with Gasteiger partial charge in [-0.3, -0.25) is 0 Å². The quantitative estimate of drug-likeness (QED) is 0.841. The lowest BCUT2D eigenvalue weighted by Crippen LogP contribution is -2.26. The average Bonchev–Trinajstić information content (AvgIpc) is 2.42. The summed E-state index contributed by atoms with van der Waals surface area (Å²) in [5.74, 6) is 1.02. The van der Waals surface area contributed by atoms with Gasteiger partial charge in [-0.25, -0.2) is 13.1 Å². The van der Waals surface area contributed by atoms with E-state index in [9.17, 15) is 8.42 Å². The number of hydrogen-bond acceptors (Lipinski definition) is 3. The molecule has 0 atom stereocenters. The first kappa shape index (κ1) is 18.0. The van der Waals surface area contributed by atoms with Gasteiger partial charge in [0, 0.05) is 6.54 Å². The Morgan fingerprint density at radius 3 is 2.43 bits per heavy atom. The number of hydrogen-bond donors (Lipinski definition) is 1. The molecule has 21 heavy (non-hydrogen) atoms. The Hall–Kier alpha value is -1.07. The van der Waals surface area contributed by atoms with E-state index < -0.39 is 10.0 Å². The fourth-order valence-corrected chi connectivity index (χ4v) is 3.25. The lowest BCUT2D eigenvalue weighted by molar-refractivity contribution is 0.397. The van der Waals surface area contributed by atoms with Gasteiger partial charge in [0.05, 0.1) is 12.9 Å². The number of benzene rings is 1. The van der Waals surface area contributed by atoms with Crippen molar-refractivity contribution in [2.24, 2.45) is 0 Å². The van der Waals surface area contributed by atoms with E-state index >= 15 is 0 Å². The Labute approximate surface area is 129 Å². The summed E-state index contributed by atoms with van der Waals surface area (Å²) >= 11 is 0. The Morgan fingerprint density at radius 2 is 1.90 bits per heavy atom. The van der Waals surface area contributed by atoms with E-state index in [0.717, 1.165) is 23.3 Å². The summed E-state index contributed by atoms with van der Waals surface area (Å²) in [5, 5.41) is 0. The topological polar surface area (TPSA) is 55.4 Å². The molecule has 120 valence electrons. The van der Waals surface area contributed by atoms with Crippen LogP contribution in [-0.4, -0.2) is 21.3 Å². The predicted molar refractivity (Wildman–Crippen MR) is 87.2 cm³/mol. The fourth-order valence-electron chi connectivity index (χ4n) is 2.05. The van der Waals surface area contributed by atoms with Crippen LogP contribution >= 0.6 is 0 Å². The van der Waals surface area contributed by atoms with E-state index in [-0.39, 0.29) is 11.2 Å². The highest BCUT2D eigenvalue weighted by atomic mass is 32.2. The van der Waals surface area contributed by atoms with Gasteiger partial charge in [-0.05, 0) is 29.0 Å². The summed E-state index contributed by atoms with van der Waals surface area (Å²) < 4.78 is 31.7. The van der Waals surface area contributed by atoms with Gasteiger partial charge in [0.15, 0.2) is 0 Å². The average molecular weight is 313 g/mol. The number of rotatable bonds is 7. The molecule has 0 aliphatic carbocycles. The number of sulfonamides is 1. The molecule has 0 unspecified atom stereocenters. The molecule has 0 fully saturated rings. The molecule has 1 aromatic carbocycles. The van der Waals surface area contributed by atoms with Crippen LogP contribution in [0.5, 0.6) is 5.75 Å². The van der Waals surface area contributed by atoms with Crippen molar-refractivity contribution in [2.45, 2.75) is 52.5 Å². The van der Waals surface area contributed by atoms with Gasteiger partial charge in [0.25, 0.3) is 0 Å². The molecule has 0 saturated carbocycles. The highest BCUT2D eigenvalue weighted by Crippen LogP contribution is 2.31. The van der Waals surface area contributed by atoms with Crippen molar-refractivity contribution in [1.29, 1.82) is 0 Å². The molecule has 1 N–H and O–H groups in total. The zero-order valence-electron chi connectivity index (χ0n) is 13.7. The lowest BCUT2D eigenvalue weighted by Gasteiger charge is -2.23. The molecule has 0 bridgehead atoms. The molecule has 0 amide bonds. The van der Waals surface area contributed by atoms with Gasteiger partial charge in [0.1, 0.15) is 5.75 Å². The minimum atomic E-state index is -3.19. The highest BCUT2D eigenvalue weighted by Gasteiger charge is 2.19. The van der Waals surface area contributed by atoms with Crippen molar-refractivity contribution in [3.63, 3.8) is 0 Å². The van der Waals surface area contributed by atoms with Crippen LogP contribution in [0.4, 0.5) is 0 Å². The minimum Gasteiger partial charge on any atom is -0.496 e. The minimum absolute atomic E-state index is 0.0531. The van der Waals surface area contributed by atoms with Gasteiger partial charge in [0.2, 0.25) is 10.0 Å². The zero-order chi connectivity index (χ0) is 16.1. The second-order valence-corrected chi connectivity index (χ2v) is 8.20. The van der Waals surface area contributed by atoms with Crippen molar-refractivity contribution < 1.29 is 13.2 Å². The van der Waals surface area contributed by atoms with Crippen LogP contribution in [0.25, 0.3) is 0 Å². The van der Waals surface area contributed by atoms with Crippen LogP contribution in [0.15, 0.2) is 18.2 Å². The van der Waals surface area contributed by atoms with E-state index in [0.29, 0.717) is 13.0 Å². The van der Waals surface area contributed by atoms with Crippen molar-refractivity contribution in [2.75, 3.05) is 12.9 Å². The number of unbranched alkanes of at least 4 members (excludes halogenated alkanes) is 1. The molecule has 0 aliphatic rings. The van der Waals surface area contributed by atoms with Crippen LogP contribution in [0, 0.1) is 0 Å². The fraction of sp³-hybridized carbons (Fsp3) is 0.625. The highest BCUT2D eigenvalue weighted by molar-refractivity contribution is 7.89. The Balaban J connectivity index is 2.86. The Morgan fingerprint density at radius 1 is 1.24 bits per heavy atom. The molecule has 4 nitrogen and oxygen atoms in total. The lowest BCUT2D eigenvalue weighted by atomic mass is 9.85. The van der Waals surface area contributed by atoms with Crippen LogP contribution in [0.2, 0.25) is 0 Å². The maximum Gasteiger partial charge on any atom is 0.211 e. The number of ether oxygens (including phenoxy) is 1. The first-order chi connectivity index (χ1) is 9.69. The summed E-state index contributed by atoms with van der Waals surface area (Å²) in [5.41, 5.74) is 1.97. The smallest absolute Gasteiger partial charge is 0.211 e. The summed E-state index contributed by atoms with van der Waals surface area (Å²) in [6, 6.07) is 5.81. The van der Waals surface area contributed by atoms with Gasteiger partial charge < -0.3 is 4.74 Å². The maximum absolute atomic E-state index is 11.8. The Kier molecular flexibility index (Phi) is 6.23. The van der Waals surface area contributed by atoms with Crippen molar-refractivity contribution >= 4 is 10.0 Å². The van der Waals surface area contributed by atoms with Crippen LogP contribution in [0.3, 0.4) is 0 Å². The van der Waals surface area contributed by atoms with Gasteiger partial charge in [-0.15, -0.1) is 0 Å². The number of methoxy groups -OCH3 is 1. The van der Waals surface area contributed by atoms with Crippen LogP contribution in [0.1, 0.15) is 51.7 Å². The summed E-state index contributed by atoms with van der Waals surface area (Å²) in [6.45, 7) is 8.63.